The van der Waals surface area contributed by atoms with Crippen LogP contribution in [0, 0.1) is 0 Å². The van der Waals surface area contributed by atoms with Crippen LogP contribution >= 0.6 is 0 Å². The third kappa shape index (κ3) is 4.25. The average Bonchev–Trinajstić information content (AvgIpc) is 3.73. The summed E-state index contributed by atoms with van der Waals surface area (Å²) >= 11 is 0. The molecule has 0 bridgehead atoms. The van der Waals surface area contributed by atoms with Crippen molar-refractivity contribution in [1.29, 1.82) is 0 Å². The van der Waals surface area contributed by atoms with Crippen molar-refractivity contribution in [2.24, 2.45) is 0 Å². The fourth-order valence-corrected chi connectivity index (χ4v) is 8.48. The van der Waals surface area contributed by atoms with Gasteiger partial charge in [-0.2, -0.15) is 0 Å². The van der Waals surface area contributed by atoms with E-state index >= 15 is 0 Å². The lowest BCUT2D eigenvalue weighted by Gasteiger charge is -2.33. The molecule has 4 heteroatoms. The zero-order chi connectivity index (χ0) is 34.2. The normalized spacial score (nSPS) is 12.5. The first kappa shape index (κ1) is 28.9. The Labute approximate surface area is 301 Å². The van der Waals surface area contributed by atoms with Crippen LogP contribution in [-0.4, -0.2) is 14.1 Å². The van der Waals surface area contributed by atoms with Gasteiger partial charge in [0, 0.05) is 56.3 Å². The summed E-state index contributed by atoms with van der Waals surface area (Å²) in [7, 11) is 0. The van der Waals surface area contributed by atoms with Gasteiger partial charge in [0.05, 0.1) is 27.8 Å². The predicted molar refractivity (Wildman–Crippen MR) is 216 cm³/mol. The van der Waals surface area contributed by atoms with Crippen LogP contribution in [-0.2, 0) is 6.42 Å². The minimum absolute atomic E-state index is 0.895. The lowest BCUT2D eigenvalue weighted by Crippen LogP contribution is -2.18. The maximum absolute atomic E-state index is 5.45. The highest BCUT2D eigenvalue weighted by atomic mass is 15.2. The molecule has 3 aromatic heterocycles. The third-order valence-electron chi connectivity index (χ3n) is 10.7. The Morgan fingerprint density at radius 1 is 0.423 bits per heavy atom. The van der Waals surface area contributed by atoms with Gasteiger partial charge in [-0.1, -0.05) is 115 Å². The van der Waals surface area contributed by atoms with Gasteiger partial charge in [0.15, 0.2) is 0 Å². The van der Waals surface area contributed by atoms with E-state index < -0.39 is 0 Å². The number of hydrogen-bond acceptors (Lipinski definition) is 2. The molecule has 4 nitrogen and oxygen atoms in total. The molecule has 11 rings (SSSR count). The summed E-state index contributed by atoms with van der Waals surface area (Å²) in [6.45, 7) is 0. The standard InChI is InChI=1S/C48H32N4/c1-2-17-35(18-3-1)50-44-26-11-7-21-39(44)47-45(50)29-28-38-37-20-6-10-25-43(37)52(48(38)47)46-27-13-22-40(49-46)32-16-12-19-36(31-32)51-41-23-8-4-14-33(41)30-34-15-5-9-24-42(34)51/h1-29,31H,30H2. The summed E-state index contributed by atoms with van der Waals surface area (Å²) in [5.74, 6) is 0.895. The van der Waals surface area contributed by atoms with Gasteiger partial charge in [0.2, 0.25) is 0 Å². The fraction of sp³-hybridized carbons (Fsp3) is 0.0208. The maximum atomic E-state index is 5.45. The smallest absolute Gasteiger partial charge is 0.138 e. The Morgan fingerprint density at radius 3 is 1.85 bits per heavy atom. The van der Waals surface area contributed by atoms with E-state index in [0.29, 0.717) is 0 Å². The molecule has 52 heavy (non-hydrogen) atoms. The first-order valence-electron chi connectivity index (χ1n) is 17.9. The van der Waals surface area contributed by atoms with Crippen LogP contribution in [0.4, 0.5) is 17.1 Å². The van der Waals surface area contributed by atoms with E-state index in [1.807, 2.05) is 0 Å². The van der Waals surface area contributed by atoms with Gasteiger partial charge in [-0.3, -0.25) is 4.57 Å². The Bertz CT molecular complexity index is 2960. The molecule has 0 aliphatic carbocycles. The molecule has 0 atom stereocenters. The second-order valence-electron chi connectivity index (χ2n) is 13.6. The summed E-state index contributed by atoms with van der Waals surface area (Å²) < 4.78 is 4.76. The first-order chi connectivity index (χ1) is 25.8. The van der Waals surface area contributed by atoms with Crippen LogP contribution in [0.3, 0.4) is 0 Å². The minimum Gasteiger partial charge on any atom is -0.310 e. The highest BCUT2D eigenvalue weighted by molar-refractivity contribution is 6.26. The van der Waals surface area contributed by atoms with E-state index in [4.69, 9.17) is 4.98 Å². The highest BCUT2D eigenvalue weighted by Gasteiger charge is 2.24. The van der Waals surface area contributed by atoms with Crippen molar-refractivity contribution >= 4 is 60.7 Å². The summed E-state index contributed by atoms with van der Waals surface area (Å²) in [6, 6.07) is 65.4. The van der Waals surface area contributed by atoms with Crippen LogP contribution in [0.1, 0.15) is 11.1 Å². The van der Waals surface area contributed by atoms with E-state index in [1.165, 1.54) is 60.6 Å². The second-order valence-corrected chi connectivity index (χ2v) is 13.6. The van der Waals surface area contributed by atoms with Crippen LogP contribution in [0.15, 0.2) is 182 Å². The van der Waals surface area contributed by atoms with Crippen molar-refractivity contribution < 1.29 is 0 Å². The minimum atomic E-state index is 0.895. The Hall–Kier alpha value is -6.91. The Kier molecular flexibility index (Phi) is 6.28. The Balaban J connectivity index is 1.13. The SMILES string of the molecule is c1ccc(-n2c3ccccc3c3c2ccc2c4ccccc4n(-c4cccc(-c5cccc(N6c7ccccc7Cc7ccccc76)c5)n4)c23)cc1. The van der Waals surface area contributed by atoms with Crippen LogP contribution < -0.4 is 4.90 Å². The number of anilines is 3. The molecule has 0 radical (unpaired) electrons. The van der Waals surface area contributed by atoms with Gasteiger partial charge in [-0.25, -0.2) is 4.98 Å². The molecule has 0 unspecified atom stereocenters. The quantitative estimate of drug-likeness (QED) is 0.187. The van der Waals surface area contributed by atoms with E-state index in [1.54, 1.807) is 0 Å². The summed E-state index contributed by atoms with van der Waals surface area (Å²) in [5, 5.41) is 4.88. The van der Waals surface area contributed by atoms with E-state index in [0.717, 1.165) is 40.4 Å². The fourth-order valence-electron chi connectivity index (χ4n) is 8.48. The van der Waals surface area contributed by atoms with Crippen molar-refractivity contribution in [2.75, 3.05) is 4.90 Å². The molecule has 4 heterocycles. The number of hydrogen-bond donors (Lipinski definition) is 0. The van der Waals surface area contributed by atoms with E-state index in [9.17, 15) is 0 Å². The van der Waals surface area contributed by atoms with Crippen molar-refractivity contribution in [1.82, 2.24) is 14.1 Å². The van der Waals surface area contributed by atoms with Gasteiger partial charge in [0.1, 0.15) is 5.82 Å². The van der Waals surface area contributed by atoms with Crippen LogP contribution in [0.5, 0.6) is 0 Å². The molecule has 244 valence electrons. The lowest BCUT2D eigenvalue weighted by atomic mass is 9.95. The molecule has 10 aromatic rings. The molecular formula is C48H32N4. The first-order valence-corrected chi connectivity index (χ1v) is 17.9. The summed E-state index contributed by atoms with van der Waals surface area (Å²) in [4.78, 5) is 7.85. The van der Waals surface area contributed by atoms with Gasteiger partial charge < -0.3 is 9.47 Å². The van der Waals surface area contributed by atoms with Crippen LogP contribution in [0.25, 0.3) is 66.4 Å². The monoisotopic (exact) mass is 664 g/mol. The highest BCUT2D eigenvalue weighted by Crippen LogP contribution is 2.45. The van der Waals surface area contributed by atoms with E-state index in [2.05, 4.69) is 196 Å². The zero-order valence-corrected chi connectivity index (χ0v) is 28.3. The molecule has 7 aromatic carbocycles. The molecule has 0 N–H and O–H groups in total. The van der Waals surface area contributed by atoms with Gasteiger partial charge in [-0.05, 0) is 77.9 Å². The maximum Gasteiger partial charge on any atom is 0.138 e. The molecular weight excluding hydrogens is 633 g/mol. The predicted octanol–water partition coefficient (Wildman–Crippen LogP) is 12.3. The zero-order valence-electron chi connectivity index (χ0n) is 28.3. The summed E-state index contributed by atoms with van der Waals surface area (Å²) in [6.07, 6.45) is 0.933. The average molecular weight is 665 g/mol. The molecule has 0 amide bonds. The van der Waals surface area contributed by atoms with E-state index in [-0.39, 0.29) is 0 Å². The number of aromatic nitrogens is 3. The molecule has 1 aliphatic heterocycles. The second kappa shape index (κ2) is 11.3. The number of pyridine rings is 1. The Morgan fingerprint density at radius 2 is 1.06 bits per heavy atom. The lowest BCUT2D eigenvalue weighted by molar-refractivity contribution is 1.08. The number of benzene rings is 7. The molecule has 0 fully saturated rings. The van der Waals surface area contributed by atoms with Crippen molar-refractivity contribution in [2.45, 2.75) is 6.42 Å². The molecule has 0 spiro atoms. The number of para-hydroxylation sites is 5. The van der Waals surface area contributed by atoms with Crippen molar-refractivity contribution in [3.05, 3.63) is 193 Å². The van der Waals surface area contributed by atoms with Gasteiger partial charge in [0.25, 0.3) is 0 Å². The topological polar surface area (TPSA) is 26.0 Å². The van der Waals surface area contributed by atoms with Gasteiger partial charge >= 0.3 is 0 Å². The molecule has 0 saturated carbocycles. The van der Waals surface area contributed by atoms with Crippen molar-refractivity contribution in [3.63, 3.8) is 0 Å². The number of fused-ring (bicyclic) bond motifs is 9. The largest absolute Gasteiger partial charge is 0.310 e. The van der Waals surface area contributed by atoms with Crippen LogP contribution in [0.2, 0.25) is 0 Å². The molecule has 0 saturated heterocycles. The summed E-state index contributed by atoms with van der Waals surface area (Å²) in [5.41, 5.74) is 14.1. The van der Waals surface area contributed by atoms with Crippen molar-refractivity contribution in [3.8, 4) is 22.8 Å². The number of rotatable bonds is 4. The molecule has 1 aliphatic rings. The number of nitrogens with zero attached hydrogens (tertiary/aromatic N) is 4. The third-order valence-corrected chi connectivity index (χ3v) is 10.7. The van der Waals surface area contributed by atoms with Gasteiger partial charge in [-0.15, -0.1) is 0 Å².